The first-order valence-electron chi connectivity index (χ1n) is 5.58. The van der Waals surface area contributed by atoms with Crippen LogP contribution in [0.15, 0.2) is 23.1 Å². The molecule has 1 saturated heterocycles. The first-order valence-corrected chi connectivity index (χ1v) is 6.81. The minimum atomic E-state index is 0.403. The highest BCUT2D eigenvalue weighted by Crippen LogP contribution is 2.27. The third-order valence-electron chi connectivity index (χ3n) is 2.86. The average Bonchev–Trinajstić information content (AvgIpc) is 2.31. The number of phenolic OH excluding ortho intramolecular Hbond substituents is 1. The average molecular weight is 238 g/mol. The molecule has 1 aromatic rings. The fourth-order valence-electron chi connectivity index (χ4n) is 1.96. The van der Waals surface area contributed by atoms with Gasteiger partial charge >= 0.3 is 0 Å². The van der Waals surface area contributed by atoms with E-state index in [1.165, 1.54) is 5.56 Å². The lowest BCUT2D eigenvalue weighted by Crippen LogP contribution is -2.42. The molecule has 0 aromatic heterocycles. The molecule has 0 bridgehead atoms. The summed E-state index contributed by atoms with van der Waals surface area (Å²) in [6, 6.07) is 5.99. The van der Waals surface area contributed by atoms with Crippen molar-refractivity contribution < 1.29 is 5.11 Å². The normalized spacial score (nSPS) is 17.6. The minimum absolute atomic E-state index is 0.403. The van der Waals surface area contributed by atoms with E-state index >= 15 is 0 Å². The molecule has 2 N–H and O–H groups in total. The van der Waals surface area contributed by atoms with Crippen LogP contribution in [-0.2, 0) is 6.54 Å². The van der Waals surface area contributed by atoms with Crippen LogP contribution in [0.5, 0.6) is 5.75 Å². The fourth-order valence-corrected chi connectivity index (χ4v) is 2.43. The van der Waals surface area contributed by atoms with Crippen LogP contribution < -0.4 is 5.32 Å². The molecule has 0 atom stereocenters. The standard InChI is InChI=1S/C12H18N2OS/c1-16-12-3-2-10(8-11(12)15)9-14-6-4-13-5-7-14/h2-3,8,13,15H,4-7,9H2,1H3. The molecule has 0 radical (unpaired) electrons. The van der Waals surface area contributed by atoms with Gasteiger partial charge in [0.1, 0.15) is 5.75 Å². The number of aromatic hydroxyl groups is 1. The Kier molecular flexibility index (Phi) is 4.09. The number of thioether (sulfide) groups is 1. The Morgan fingerprint density at radius 2 is 2.12 bits per heavy atom. The van der Waals surface area contributed by atoms with E-state index in [0.717, 1.165) is 37.6 Å². The predicted octanol–water partition coefficient (Wildman–Crippen LogP) is 1.52. The molecule has 3 nitrogen and oxygen atoms in total. The van der Waals surface area contributed by atoms with Gasteiger partial charge < -0.3 is 10.4 Å². The topological polar surface area (TPSA) is 35.5 Å². The number of nitrogens with zero attached hydrogens (tertiary/aromatic N) is 1. The van der Waals surface area contributed by atoms with Crippen molar-refractivity contribution >= 4 is 11.8 Å². The maximum atomic E-state index is 9.77. The molecule has 1 heterocycles. The lowest BCUT2D eigenvalue weighted by Gasteiger charge is -2.27. The van der Waals surface area contributed by atoms with Crippen LogP contribution in [0, 0.1) is 0 Å². The van der Waals surface area contributed by atoms with E-state index in [9.17, 15) is 5.11 Å². The summed E-state index contributed by atoms with van der Waals surface area (Å²) in [5, 5.41) is 13.1. The summed E-state index contributed by atoms with van der Waals surface area (Å²) in [5.41, 5.74) is 1.19. The second-order valence-corrected chi connectivity index (χ2v) is 4.88. The summed E-state index contributed by atoms with van der Waals surface area (Å²) in [5.74, 6) is 0.403. The van der Waals surface area contributed by atoms with E-state index in [0.29, 0.717) is 5.75 Å². The van der Waals surface area contributed by atoms with Gasteiger partial charge in [0, 0.05) is 37.6 Å². The molecule has 0 aliphatic carbocycles. The van der Waals surface area contributed by atoms with Gasteiger partial charge in [-0.2, -0.15) is 0 Å². The number of hydrogen-bond acceptors (Lipinski definition) is 4. The van der Waals surface area contributed by atoms with Gasteiger partial charge in [-0.25, -0.2) is 0 Å². The molecular formula is C12H18N2OS. The van der Waals surface area contributed by atoms with E-state index < -0.39 is 0 Å². The van der Waals surface area contributed by atoms with Gasteiger partial charge in [-0.15, -0.1) is 11.8 Å². The van der Waals surface area contributed by atoms with Gasteiger partial charge in [0.2, 0.25) is 0 Å². The predicted molar refractivity (Wildman–Crippen MR) is 68.0 cm³/mol. The zero-order valence-corrected chi connectivity index (χ0v) is 10.4. The number of piperazine rings is 1. The van der Waals surface area contributed by atoms with Crippen molar-refractivity contribution in [2.75, 3.05) is 32.4 Å². The molecule has 4 heteroatoms. The third kappa shape index (κ3) is 2.90. The van der Waals surface area contributed by atoms with Crippen molar-refractivity contribution in [1.82, 2.24) is 10.2 Å². The zero-order valence-electron chi connectivity index (χ0n) is 9.57. The summed E-state index contributed by atoms with van der Waals surface area (Å²) in [4.78, 5) is 3.35. The summed E-state index contributed by atoms with van der Waals surface area (Å²) in [7, 11) is 0. The van der Waals surface area contributed by atoms with E-state index in [-0.39, 0.29) is 0 Å². The molecule has 0 unspecified atom stereocenters. The van der Waals surface area contributed by atoms with Gasteiger partial charge in [0.05, 0.1) is 0 Å². The van der Waals surface area contributed by atoms with Crippen molar-refractivity contribution in [3.8, 4) is 5.75 Å². The monoisotopic (exact) mass is 238 g/mol. The molecule has 1 fully saturated rings. The zero-order chi connectivity index (χ0) is 11.4. The third-order valence-corrected chi connectivity index (χ3v) is 3.64. The van der Waals surface area contributed by atoms with Crippen molar-refractivity contribution in [2.24, 2.45) is 0 Å². The molecule has 1 aromatic carbocycles. The van der Waals surface area contributed by atoms with Gasteiger partial charge in [-0.3, -0.25) is 4.90 Å². The molecule has 1 aliphatic heterocycles. The molecule has 0 saturated carbocycles. The second kappa shape index (κ2) is 5.57. The van der Waals surface area contributed by atoms with Crippen LogP contribution in [0.3, 0.4) is 0 Å². The highest BCUT2D eigenvalue weighted by Gasteiger charge is 2.10. The Morgan fingerprint density at radius 3 is 2.75 bits per heavy atom. The number of rotatable bonds is 3. The lowest BCUT2D eigenvalue weighted by molar-refractivity contribution is 0.233. The number of hydrogen-bond donors (Lipinski definition) is 2. The van der Waals surface area contributed by atoms with Gasteiger partial charge in [0.15, 0.2) is 0 Å². The Bertz CT molecular complexity index is 351. The minimum Gasteiger partial charge on any atom is -0.507 e. The molecule has 1 aliphatic rings. The molecule has 0 amide bonds. The Morgan fingerprint density at radius 1 is 1.38 bits per heavy atom. The van der Waals surface area contributed by atoms with Crippen LogP contribution in [0.25, 0.3) is 0 Å². The summed E-state index contributed by atoms with van der Waals surface area (Å²) in [6.45, 7) is 5.24. The highest BCUT2D eigenvalue weighted by molar-refractivity contribution is 7.98. The first kappa shape index (κ1) is 11.8. The quantitative estimate of drug-likeness (QED) is 0.783. The van der Waals surface area contributed by atoms with E-state index in [4.69, 9.17) is 0 Å². The van der Waals surface area contributed by atoms with Gasteiger partial charge in [-0.1, -0.05) is 6.07 Å². The SMILES string of the molecule is CSc1ccc(CN2CCNCC2)cc1O. The smallest absolute Gasteiger partial charge is 0.129 e. The highest BCUT2D eigenvalue weighted by atomic mass is 32.2. The van der Waals surface area contributed by atoms with Crippen LogP contribution in [0.2, 0.25) is 0 Å². The van der Waals surface area contributed by atoms with Crippen LogP contribution in [0.4, 0.5) is 0 Å². The lowest BCUT2D eigenvalue weighted by atomic mass is 10.2. The molecular weight excluding hydrogens is 220 g/mol. The number of nitrogens with one attached hydrogen (secondary N) is 1. The van der Waals surface area contributed by atoms with Gasteiger partial charge in [0.25, 0.3) is 0 Å². The molecule has 0 spiro atoms. The van der Waals surface area contributed by atoms with Crippen molar-refractivity contribution in [1.29, 1.82) is 0 Å². The Labute approximate surface area is 101 Å². The molecule has 2 rings (SSSR count). The van der Waals surface area contributed by atoms with E-state index in [1.54, 1.807) is 11.8 Å². The van der Waals surface area contributed by atoms with E-state index in [2.05, 4.69) is 16.3 Å². The van der Waals surface area contributed by atoms with Crippen LogP contribution in [0.1, 0.15) is 5.56 Å². The number of benzene rings is 1. The number of phenols is 1. The Balaban J connectivity index is 2.01. The van der Waals surface area contributed by atoms with E-state index in [1.807, 2.05) is 18.4 Å². The maximum absolute atomic E-state index is 9.77. The van der Waals surface area contributed by atoms with Crippen LogP contribution in [-0.4, -0.2) is 42.4 Å². The fraction of sp³-hybridized carbons (Fsp3) is 0.500. The second-order valence-electron chi connectivity index (χ2n) is 4.03. The van der Waals surface area contributed by atoms with Crippen molar-refractivity contribution in [2.45, 2.75) is 11.4 Å². The Hall–Kier alpha value is -0.710. The van der Waals surface area contributed by atoms with Crippen molar-refractivity contribution in [3.05, 3.63) is 23.8 Å². The summed E-state index contributed by atoms with van der Waals surface area (Å²) < 4.78 is 0. The molecule has 16 heavy (non-hydrogen) atoms. The summed E-state index contributed by atoms with van der Waals surface area (Å²) in [6.07, 6.45) is 1.98. The largest absolute Gasteiger partial charge is 0.507 e. The van der Waals surface area contributed by atoms with Gasteiger partial charge in [-0.05, 0) is 24.0 Å². The first-order chi connectivity index (χ1) is 7.79. The molecule has 88 valence electrons. The maximum Gasteiger partial charge on any atom is 0.129 e. The van der Waals surface area contributed by atoms with Crippen LogP contribution >= 0.6 is 11.8 Å². The van der Waals surface area contributed by atoms with Crippen molar-refractivity contribution in [3.63, 3.8) is 0 Å². The summed E-state index contributed by atoms with van der Waals surface area (Å²) >= 11 is 1.58.